The predicted molar refractivity (Wildman–Crippen MR) is 181 cm³/mol. The molecule has 3 N–H and O–H groups in total. The number of nitrogens with one attached hydrogen (secondary N) is 3. The summed E-state index contributed by atoms with van der Waals surface area (Å²) in [6.07, 6.45) is 9.67. The molecule has 0 bridgehead atoms. The Morgan fingerprint density at radius 1 is 0.957 bits per heavy atom. The number of hydrogen-bond donors (Lipinski definition) is 3. The van der Waals surface area contributed by atoms with Gasteiger partial charge in [0, 0.05) is 59.5 Å². The summed E-state index contributed by atoms with van der Waals surface area (Å²) in [7, 11) is 0. The van der Waals surface area contributed by atoms with Crippen LogP contribution in [0.25, 0.3) is 55.7 Å². The van der Waals surface area contributed by atoms with Crippen molar-refractivity contribution in [3.8, 4) is 39.4 Å². The van der Waals surface area contributed by atoms with Gasteiger partial charge in [-0.1, -0.05) is 20.8 Å². The number of hydrogen-bond acceptors (Lipinski definition) is 7. The second-order valence-electron chi connectivity index (χ2n) is 13.3. The molecule has 0 unspecified atom stereocenters. The molecule has 6 heterocycles. The van der Waals surface area contributed by atoms with E-state index in [2.05, 4.69) is 40.3 Å². The number of aromatic amines is 2. The molecular weight excluding hydrogens is 595 g/mol. The first-order valence-electron chi connectivity index (χ1n) is 15.9. The van der Waals surface area contributed by atoms with Gasteiger partial charge in [-0.25, -0.2) is 14.4 Å². The third-order valence-electron chi connectivity index (χ3n) is 8.31. The van der Waals surface area contributed by atoms with Gasteiger partial charge in [-0.15, -0.1) is 0 Å². The highest BCUT2D eigenvalue weighted by atomic mass is 19.1. The van der Waals surface area contributed by atoms with Crippen LogP contribution in [0.5, 0.6) is 5.75 Å². The fraction of sp³-hybridized carbons (Fsp3) is 0.306. The smallest absolute Gasteiger partial charge is 0.224 e. The van der Waals surface area contributed by atoms with E-state index in [1.165, 1.54) is 25.0 Å². The lowest BCUT2D eigenvalue weighted by Crippen LogP contribution is -2.25. The maximum absolute atomic E-state index is 14.8. The van der Waals surface area contributed by atoms with Crippen molar-refractivity contribution in [3.05, 3.63) is 73.1 Å². The zero-order valence-electron chi connectivity index (χ0n) is 26.7. The van der Waals surface area contributed by atoms with Gasteiger partial charge >= 0.3 is 0 Å². The van der Waals surface area contributed by atoms with Crippen LogP contribution in [0.2, 0.25) is 0 Å². The van der Waals surface area contributed by atoms with Gasteiger partial charge in [0.15, 0.2) is 5.65 Å². The van der Waals surface area contributed by atoms with Gasteiger partial charge < -0.3 is 15.0 Å². The number of anilines is 1. The third kappa shape index (κ3) is 6.85. The zero-order valence-corrected chi connectivity index (χ0v) is 26.7. The monoisotopic (exact) mass is 632 g/mol. The van der Waals surface area contributed by atoms with Gasteiger partial charge in [-0.05, 0) is 78.9 Å². The van der Waals surface area contributed by atoms with Crippen LogP contribution in [0.4, 0.5) is 10.1 Å². The van der Waals surface area contributed by atoms with E-state index in [1.54, 1.807) is 24.8 Å². The van der Waals surface area contributed by atoms with Crippen molar-refractivity contribution in [1.82, 2.24) is 35.0 Å². The van der Waals surface area contributed by atoms with Crippen molar-refractivity contribution in [1.29, 1.82) is 0 Å². The van der Waals surface area contributed by atoms with E-state index in [1.807, 2.05) is 51.1 Å². The highest BCUT2D eigenvalue weighted by Gasteiger charge is 2.19. The summed E-state index contributed by atoms with van der Waals surface area (Å²) in [5.41, 5.74) is 6.36. The fourth-order valence-corrected chi connectivity index (χ4v) is 6.13. The number of aromatic nitrogens is 6. The van der Waals surface area contributed by atoms with Crippen LogP contribution in [0.3, 0.4) is 0 Å². The van der Waals surface area contributed by atoms with Crippen molar-refractivity contribution in [2.45, 2.75) is 40.0 Å². The predicted octanol–water partition coefficient (Wildman–Crippen LogP) is 7.22. The number of amides is 1. The van der Waals surface area contributed by atoms with E-state index in [-0.39, 0.29) is 17.1 Å². The molecule has 1 aliphatic rings. The Bertz CT molecular complexity index is 2070. The number of ether oxygens (including phenoxy) is 1. The van der Waals surface area contributed by atoms with Crippen molar-refractivity contribution in [2.75, 3.05) is 31.6 Å². The van der Waals surface area contributed by atoms with Crippen LogP contribution < -0.4 is 10.1 Å². The number of benzene rings is 1. The SMILES string of the molecule is CC(C)(C)CC(=O)Nc1cncc(-c2cnc3[nH]nc(-c4cc5c(-c6cc(F)cc(OCCN7CCCC7)c6)ccnc5[nH]4)c3c2)c1. The molecular formula is C36H37FN8O2. The minimum atomic E-state index is -0.358. The number of H-pyrrole nitrogens is 2. The Labute approximate surface area is 271 Å². The van der Waals surface area contributed by atoms with E-state index in [0.717, 1.165) is 52.8 Å². The molecule has 240 valence electrons. The topological polar surface area (TPSA) is 125 Å². The van der Waals surface area contributed by atoms with Gasteiger partial charge in [0.25, 0.3) is 0 Å². The van der Waals surface area contributed by atoms with Crippen LogP contribution in [0.1, 0.15) is 40.0 Å². The Balaban J connectivity index is 1.17. The zero-order chi connectivity index (χ0) is 32.5. The van der Waals surface area contributed by atoms with E-state index in [9.17, 15) is 9.18 Å². The summed E-state index contributed by atoms with van der Waals surface area (Å²) in [5, 5.41) is 12.2. The van der Waals surface area contributed by atoms with Gasteiger partial charge in [0.05, 0.1) is 17.6 Å². The average molecular weight is 633 g/mol. The van der Waals surface area contributed by atoms with Crippen molar-refractivity contribution >= 4 is 33.7 Å². The molecule has 1 aromatic carbocycles. The van der Waals surface area contributed by atoms with Crippen LogP contribution in [-0.4, -0.2) is 67.2 Å². The Hall–Kier alpha value is -5.16. The molecule has 11 heteroatoms. The second-order valence-corrected chi connectivity index (χ2v) is 13.3. The Morgan fingerprint density at radius 2 is 1.79 bits per heavy atom. The molecule has 6 aromatic rings. The molecule has 1 fully saturated rings. The molecule has 1 aliphatic heterocycles. The first kappa shape index (κ1) is 30.5. The van der Waals surface area contributed by atoms with Crippen LogP contribution >= 0.6 is 0 Å². The van der Waals surface area contributed by atoms with E-state index in [4.69, 9.17) is 4.74 Å². The molecule has 1 amide bonds. The molecule has 10 nitrogen and oxygen atoms in total. The standard InChI is InChI=1S/C36H37FN8O2/c1-36(2,3)18-32(46)41-26-13-23(19-38-21-26)24-15-30-33(43-44-35(30)40-20-24)31-17-29-28(6-7-39-34(29)42-31)22-12-25(37)16-27(14-22)47-11-10-45-8-4-5-9-45/h6-7,12-17,19-21H,4-5,8-11,18H2,1-3H3,(H,39,42)(H,41,46)(H,40,43,44). The number of carbonyl (C=O) groups is 1. The molecule has 0 radical (unpaired) electrons. The number of fused-ring (bicyclic) bond motifs is 2. The molecule has 47 heavy (non-hydrogen) atoms. The van der Waals surface area contributed by atoms with E-state index >= 15 is 0 Å². The quantitative estimate of drug-likeness (QED) is 0.154. The van der Waals surface area contributed by atoms with E-state index < -0.39 is 0 Å². The summed E-state index contributed by atoms with van der Waals surface area (Å²) in [6, 6.07) is 12.6. The molecule has 0 atom stereocenters. The Kier molecular flexibility index (Phi) is 8.15. The highest BCUT2D eigenvalue weighted by Crippen LogP contribution is 2.35. The average Bonchev–Trinajstić information content (AvgIpc) is 3.79. The number of halogens is 1. The normalized spacial score (nSPS) is 13.9. The maximum Gasteiger partial charge on any atom is 0.224 e. The molecule has 5 aromatic heterocycles. The number of pyridine rings is 3. The van der Waals surface area contributed by atoms with Crippen molar-refractivity contribution in [3.63, 3.8) is 0 Å². The van der Waals surface area contributed by atoms with Gasteiger partial charge in [-0.3, -0.25) is 19.8 Å². The highest BCUT2D eigenvalue weighted by molar-refractivity contribution is 6.00. The number of nitrogens with zero attached hydrogens (tertiary/aromatic N) is 5. The summed E-state index contributed by atoms with van der Waals surface area (Å²) < 4.78 is 20.8. The second kappa shape index (κ2) is 12.6. The molecule has 0 saturated carbocycles. The summed E-state index contributed by atoms with van der Waals surface area (Å²) >= 11 is 0. The molecule has 0 aliphatic carbocycles. The van der Waals surface area contributed by atoms with Crippen molar-refractivity contribution in [2.24, 2.45) is 5.41 Å². The number of rotatable bonds is 9. The largest absolute Gasteiger partial charge is 0.492 e. The van der Waals surface area contributed by atoms with Gasteiger partial charge in [0.1, 0.15) is 29.5 Å². The minimum absolute atomic E-state index is 0.0616. The van der Waals surface area contributed by atoms with Gasteiger partial charge in [0.2, 0.25) is 5.91 Å². The first-order valence-corrected chi connectivity index (χ1v) is 15.9. The molecule has 7 rings (SSSR count). The minimum Gasteiger partial charge on any atom is -0.492 e. The molecule has 1 saturated heterocycles. The van der Waals surface area contributed by atoms with Crippen LogP contribution in [-0.2, 0) is 4.79 Å². The van der Waals surface area contributed by atoms with Crippen LogP contribution in [0.15, 0.2) is 67.3 Å². The van der Waals surface area contributed by atoms with Crippen LogP contribution in [0, 0.1) is 11.2 Å². The van der Waals surface area contributed by atoms with E-state index in [0.29, 0.717) is 47.0 Å². The number of likely N-dealkylation sites (tertiary alicyclic amines) is 1. The summed E-state index contributed by atoms with van der Waals surface area (Å²) in [5.74, 6) is 0.0845. The molecule has 0 spiro atoms. The summed E-state index contributed by atoms with van der Waals surface area (Å²) in [6.45, 7) is 9.60. The maximum atomic E-state index is 14.8. The lowest BCUT2D eigenvalue weighted by atomic mass is 9.92. The van der Waals surface area contributed by atoms with Gasteiger partial charge in [-0.2, -0.15) is 5.10 Å². The lowest BCUT2D eigenvalue weighted by Gasteiger charge is -2.17. The van der Waals surface area contributed by atoms with Crippen molar-refractivity contribution < 1.29 is 13.9 Å². The first-order chi connectivity index (χ1) is 22.7. The number of carbonyl (C=O) groups excluding carboxylic acids is 1. The summed E-state index contributed by atoms with van der Waals surface area (Å²) in [4.78, 5) is 31.8. The third-order valence-corrected chi connectivity index (χ3v) is 8.31. The fourth-order valence-electron chi connectivity index (χ4n) is 6.13. The lowest BCUT2D eigenvalue weighted by molar-refractivity contribution is -0.117. The Morgan fingerprint density at radius 3 is 2.62 bits per heavy atom.